The molecule has 7 heteroatoms. The van der Waals surface area contributed by atoms with E-state index < -0.39 is 10.0 Å². The normalized spacial score (nSPS) is 12.1. The molecule has 3 aromatic carbocycles. The Hall–Kier alpha value is -3.32. The van der Waals surface area contributed by atoms with Crippen molar-refractivity contribution in [2.45, 2.75) is 38.6 Å². The smallest absolute Gasteiger partial charge is 0.261 e. The molecule has 0 aliphatic heterocycles. The Labute approximate surface area is 189 Å². The number of rotatable bonds is 8. The molecule has 0 heterocycles. The lowest BCUT2D eigenvalue weighted by molar-refractivity contribution is -0.123. The van der Waals surface area contributed by atoms with E-state index >= 15 is 0 Å². The summed E-state index contributed by atoms with van der Waals surface area (Å²) in [5.74, 6) is 0.159. The molecule has 0 fully saturated rings. The number of anilines is 1. The van der Waals surface area contributed by atoms with Gasteiger partial charge in [0.25, 0.3) is 15.9 Å². The number of hydrogen-bond donors (Lipinski definition) is 2. The Kier molecular flexibility index (Phi) is 7.20. The number of sulfonamides is 1. The first-order chi connectivity index (χ1) is 15.2. The lowest BCUT2D eigenvalue weighted by atomic mass is 9.96. The highest BCUT2D eigenvalue weighted by atomic mass is 32.2. The second-order valence-corrected chi connectivity index (χ2v) is 9.50. The van der Waals surface area contributed by atoms with Gasteiger partial charge in [-0.2, -0.15) is 0 Å². The van der Waals surface area contributed by atoms with E-state index in [9.17, 15) is 13.2 Å². The van der Waals surface area contributed by atoms with Crippen LogP contribution in [-0.4, -0.2) is 20.9 Å². The van der Waals surface area contributed by atoms with Gasteiger partial charge in [-0.1, -0.05) is 30.3 Å². The fourth-order valence-electron chi connectivity index (χ4n) is 3.39. The van der Waals surface area contributed by atoms with Crippen LogP contribution in [-0.2, 0) is 14.8 Å². The molecule has 6 nitrogen and oxygen atoms in total. The third-order valence-corrected chi connectivity index (χ3v) is 6.65. The molecule has 1 atom stereocenters. The van der Waals surface area contributed by atoms with Crippen molar-refractivity contribution in [1.29, 1.82) is 0 Å². The van der Waals surface area contributed by atoms with Gasteiger partial charge in [0, 0.05) is 5.69 Å². The van der Waals surface area contributed by atoms with E-state index in [2.05, 4.69) is 36.0 Å². The molecule has 0 saturated carbocycles. The molecular formula is C25H28N2O4S. The molecule has 0 aliphatic carbocycles. The fraction of sp³-hybridized carbons (Fsp3) is 0.240. The number of aryl methyl sites for hydroxylation is 3. The summed E-state index contributed by atoms with van der Waals surface area (Å²) >= 11 is 0. The van der Waals surface area contributed by atoms with Gasteiger partial charge in [-0.3, -0.25) is 9.52 Å². The standard InChI is InChI=1S/C25H28N2O4S/c1-17-14-19(3)24(15-18(17)2)20(4)26-25(28)16-31-22-10-12-23(13-11-22)32(29,30)27-21-8-6-5-7-9-21/h5-15,20,27H,16H2,1-4H3,(H,26,28). The third kappa shape index (κ3) is 5.88. The predicted molar refractivity (Wildman–Crippen MR) is 126 cm³/mol. The first kappa shape index (κ1) is 23.3. The number of ether oxygens (including phenoxy) is 1. The molecule has 2 N–H and O–H groups in total. The Morgan fingerprint density at radius 3 is 2.19 bits per heavy atom. The molecule has 0 saturated heterocycles. The highest BCUT2D eigenvalue weighted by Crippen LogP contribution is 2.22. The van der Waals surface area contributed by atoms with Crippen LogP contribution in [0.25, 0.3) is 0 Å². The minimum atomic E-state index is -3.70. The number of hydrogen-bond acceptors (Lipinski definition) is 4. The van der Waals surface area contributed by atoms with Gasteiger partial charge in [0.1, 0.15) is 5.75 Å². The molecule has 3 aromatic rings. The molecule has 0 aromatic heterocycles. The van der Waals surface area contributed by atoms with Gasteiger partial charge in [0.15, 0.2) is 6.61 Å². The van der Waals surface area contributed by atoms with Crippen molar-refractivity contribution in [3.63, 3.8) is 0 Å². The van der Waals surface area contributed by atoms with Gasteiger partial charge in [0.05, 0.1) is 10.9 Å². The highest BCUT2D eigenvalue weighted by molar-refractivity contribution is 7.92. The SMILES string of the molecule is Cc1cc(C)c(C(C)NC(=O)COc2ccc(S(=O)(=O)Nc3ccccc3)cc2)cc1C. The molecule has 32 heavy (non-hydrogen) atoms. The van der Waals surface area contributed by atoms with Crippen LogP contribution >= 0.6 is 0 Å². The summed E-state index contributed by atoms with van der Waals surface area (Å²) in [6.07, 6.45) is 0. The number of carbonyl (C=O) groups excluding carboxylic acids is 1. The van der Waals surface area contributed by atoms with Crippen molar-refractivity contribution >= 4 is 21.6 Å². The highest BCUT2D eigenvalue weighted by Gasteiger charge is 2.15. The van der Waals surface area contributed by atoms with E-state index in [0.29, 0.717) is 11.4 Å². The van der Waals surface area contributed by atoms with Crippen molar-refractivity contribution in [3.8, 4) is 5.75 Å². The van der Waals surface area contributed by atoms with Gasteiger partial charge in [-0.05, 0) is 86.3 Å². The maximum absolute atomic E-state index is 12.5. The molecule has 1 unspecified atom stereocenters. The summed E-state index contributed by atoms with van der Waals surface area (Å²) < 4.78 is 33.0. The zero-order valence-corrected chi connectivity index (χ0v) is 19.5. The Morgan fingerprint density at radius 1 is 0.906 bits per heavy atom. The Morgan fingerprint density at radius 2 is 1.53 bits per heavy atom. The van der Waals surface area contributed by atoms with Gasteiger partial charge in [-0.15, -0.1) is 0 Å². The third-order valence-electron chi connectivity index (χ3n) is 5.26. The summed E-state index contributed by atoms with van der Waals surface area (Å²) in [5, 5.41) is 2.95. The average molecular weight is 453 g/mol. The number of amides is 1. The number of para-hydroxylation sites is 1. The van der Waals surface area contributed by atoms with Crippen molar-refractivity contribution < 1.29 is 17.9 Å². The lowest BCUT2D eigenvalue weighted by Gasteiger charge is -2.18. The zero-order valence-electron chi connectivity index (χ0n) is 18.7. The minimum absolute atomic E-state index is 0.108. The monoisotopic (exact) mass is 452 g/mol. The summed E-state index contributed by atoms with van der Waals surface area (Å²) in [7, 11) is -3.70. The second kappa shape index (κ2) is 9.87. The zero-order chi connectivity index (χ0) is 23.3. The summed E-state index contributed by atoms with van der Waals surface area (Å²) in [5.41, 5.74) is 5.08. The average Bonchev–Trinajstić information content (AvgIpc) is 2.75. The van der Waals surface area contributed by atoms with Crippen molar-refractivity contribution in [2.24, 2.45) is 0 Å². The minimum Gasteiger partial charge on any atom is -0.484 e. The van der Waals surface area contributed by atoms with Crippen LogP contribution in [0.3, 0.4) is 0 Å². The van der Waals surface area contributed by atoms with Crippen LogP contribution < -0.4 is 14.8 Å². The summed E-state index contributed by atoms with van der Waals surface area (Å²) in [6.45, 7) is 7.92. The van der Waals surface area contributed by atoms with Crippen molar-refractivity contribution in [1.82, 2.24) is 5.32 Å². The fourth-order valence-corrected chi connectivity index (χ4v) is 4.45. The van der Waals surface area contributed by atoms with E-state index in [-0.39, 0.29) is 23.5 Å². The topological polar surface area (TPSA) is 84.5 Å². The summed E-state index contributed by atoms with van der Waals surface area (Å²) in [4.78, 5) is 12.5. The molecule has 0 aliphatic rings. The van der Waals surface area contributed by atoms with Gasteiger partial charge in [0.2, 0.25) is 0 Å². The quantitative estimate of drug-likeness (QED) is 0.520. The lowest BCUT2D eigenvalue weighted by Crippen LogP contribution is -2.31. The van der Waals surface area contributed by atoms with Gasteiger partial charge >= 0.3 is 0 Å². The first-order valence-electron chi connectivity index (χ1n) is 10.3. The largest absolute Gasteiger partial charge is 0.484 e. The van der Waals surface area contributed by atoms with Crippen LogP contribution in [0, 0.1) is 20.8 Å². The molecule has 3 rings (SSSR count). The molecule has 0 radical (unpaired) electrons. The van der Waals surface area contributed by atoms with Crippen LogP contribution in [0.4, 0.5) is 5.69 Å². The van der Waals surface area contributed by atoms with E-state index in [1.807, 2.05) is 19.9 Å². The number of carbonyl (C=O) groups is 1. The number of benzene rings is 3. The molecule has 1 amide bonds. The van der Waals surface area contributed by atoms with Gasteiger partial charge < -0.3 is 10.1 Å². The van der Waals surface area contributed by atoms with Gasteiger partial charge in [-0.25, -0.2) is 8.42 Å². The van der Waals surface area contributed by atoms with E-state index in [4.69, 9.17) is 4.74 Å². The molecule has 168 valence electrons. The van der Waals surface area contributed by atoms with Crippen LogP contribution in [0.1, 0.15) is 35.2 Å². The van der Waals surface area contributed by atoms with E-state index in [1.165, 1.54) is 35.4 Å². The second-order valence-electron chi connectivity index (χ2n) is 7.81. The molecular weight excluding hydrogens is 424 g/mol. The van der Waals surface area contributed by atoms with Crippen molar-refractivity contribution in [2.75, 3.05) is 11.3 Å². The van der Waals surface area contributed by atoms with Crippen LogP contribution in [0.5, 0.6) is 5.75 Å². The first-order valence-corrected chi connectivity index (χ1v) is 11.8. The summed E-state index contributed by atoms with van der Waals surface area (Å²) in [6, 6.07) is 18.7. The Balaban J connectivity index is 1.57. The van der Waals surface area contributed by atoms with Crippen LogP contribution in [0.2, 0.25) is 0 Å². The maximum atomic E-state index is 12.5. The Bertz CT molecular complexity index is 1190. The van der Waals surface area contributed by atoms with Crippen molar-refractivity contribution in [3.05, 3.63) is 89.0 Å². The number of nitrogens with one attached hydrogen (secondary N) is 2. The predicted octanol–water partition coefficient (Wildman–Crippen LogP) is 4.67. The maximum Gasteiger partial charge on any atom is 0.261 e. The van der Waals surface area contributed by atoms with E-state index in [1.54, 1.807) is 24.3 Å². The van der Waals surface area contributed by atoms with Crippen LogP contribution in [0.15, 0.2) is 71.6 Å². The molecule has 0 spiro atoms. The molecule has 0 bridgehead atoms. The van der Waals surface area contributed by atoms with E-state index in [0.717, 1.165) is 11.1 Å².